The van der Waals surface area contributed by atoms with Gasteiger partial charge in [-0.1, -0.05) is 145 Å². The highest BCUT2D eigenvalue weighted by molar-refractivity contribution is 8.00. The molecular weight excluding hydrogens is 707 g/mol. The molecule has 4 heteroatoms. The Morgan fingerprint density at radius 3 is 1.91 bits per heavy atom. The van der Waals surface area contributed by atoms with Gasteiger partial charge in [0.25, 0.3) is 0 Å². The van der Waals surface area contributed by atoms with E-state index in [1.54, 1.807) is 0 Å². The molecule has 1 aliphatic heterocycles. The van der Waals surface area contributed by atoms with Crippen molar-refractivity contribution in [2.75, 3.05) is 4.90 Å². The lowest BCUT2D eigenvalue weighted by Gasteiger charge is -2.37. The number of para-hydroxylation sites is 1. The zero-order valence-corrected chi connectivity index (χ0v) is 31.2. The van der Waals surface area contributed by atoms with Gasteiger partial charge in [-0.3, -0.25) is 0 Å². The first-order valence-corrected chi connectivity index (χ1v) is 20.3. The quantitative estimate of drug-likeness (QED) is 0.179. The summed E-state index contributed by atoms with van der Waals surface area (Å²) in [7, 11) is 0. The van der Waals surface area contributed by atoms with E-state index in [2.05, 4.69) is 181 Å². The molecule has 0 atom stereocenters. The Kier molecular flexibility index (Phi) is 6.68. The SMILES string of the molecule is c1ccc(-c2cccc(N(c3ccc4c5c(sc4c3)C3(c4ccccc4S5)c4ccccc4-c4ccccc43)c3ccc4oc5ccccc5c4c3)c2)cc1. The van der Waals surface area contributed by atoms with Crippen molar-refractivity contribution in [2.45, 2.75) is 15.2 Å². The van der Waals surface area contributed by atoms with Crippen LogP contribution in [0.5, 0.6) is 0 Å². The highest BCUT2D eigenvalue weighted by atomic mass is 32.2. The van der Waals surface area contributed by atoms with Crippen LogP contribution in [0.25, 0.3) is 54.3 Å². The second-order valence-electron chi connectivity index (χ2n) is 14.4. The number of hydrogen-bond donors (Lipinski definition) is 0. The molecule has 8 aromatic carbocycles. The zero-order valence-electron chi connectivity index (χ0n) is 29.6. The third-order valence-corrected chi connectivity index (χ3v) is 14.1. The number of anilines is 3. The number of hydrogen-bond acceptors (Lipinski definition) is 4. The summed E-state index contributed by atoms with van der Waals surface area (Å²) in [6.45, 7) is 0. The van der Waals surface area contributed by atoms with Crippen molar-refractivity contribution >= 4 is 72.2 Å². The molecule has 0 fully saturated rings. The van der Waals surface area contributed by atoms with Crippen molar-refractivity contribution in [3.63, 3.8) is 0 Å². The summed E-state index contributed by atoms with van der Waals surface area (Å²) < 4.78 is 7.56. The summed E-state index contributed by atoms with van der Waals surface area (Å²) in [5.41, 5.74) is 13.9. The predicted octanol–water partition coefficient (Wildman–Crippen LogP) is 14.8. The molecule has 0 N–H and O–H groups in total. The summed E-state index contributed by atoms with van der Waals surface area (Å²) in [4.78, 5) is 6.50. The van der Waals surface area contributed by atoms with Crippen molar-refractivity contribution in [1.29, 1.82) is 0 Å². The highest BCUT2D eigenvalue weighted by Crippen LogP contribution is 2.65. The normalized spacial score (nSPS) is 13.5. The molecule has 0 unspecified atom stereocenters. The van der Waals surface area contributed by atoms with Crippen LogP contribution in [0.4, 0.5) is 17.1 Å². The van der Waals surface area contributed by atoms with Gasteiger partial charge in [0.05, 0.1) is 5.41 Å². The molecule has 0 bridgehead atoms. The molecule has 1 aliphatic carbocycles. The number of nitrogens with zero attached hydrogens (tertiary/aromatic N) is 1. The Morgan fingerprint density at radius 2 is 1.07 bits per heavy atom. The lowest BCUT2D eigenvalue weighted by molar-refractivity contribution is 0.669. The Balaban J connectivity index is 1.10. The Labute approximate surface area is 326 Å². The first-order valence-electron chi connectivity index (χ1n) is 18.7. The van der Waals surface area contributed by atoms with E-state index in [9.17, 15) is 0 Å². The van der Waals surface area contributed by atoms with Gasteiger partial charge in [-0.05, 0) is 93.5 Å². The fraction of sp³-hybridized carbons (Fsp3) is 0.0196. The summed E-state index contributed by atoms with van der Waals surface area (Å²) >= 11 is 3.88. The molecule has 1 spiro atoms. The fourth-order valence-electron chi connectivity index (χ4n) is 9.17. The zero-order chi connectivity index (χ0) is 36.1. The van der Waals surface area contributed by atoms with Gasteiger partial charge in [0, 0.05) is 52.6 Å². The Morgan fingerprint density at radius 1 is 0.436 bits per heavy atom. The van der Waals surface area contributed by atoms with Crippen LogP contribution in [0, 0.1) is 0 Å². The molecule has 12 rings (SSSR count). The second kappa shape index (κ2) is 11.8. The lowest BCUT2D eigenvalue weighted by atomic mass is 9.71. The van der Waals surface area contributed by atoms with E-state index in [1.165, 1.54) is 63.7 Å². The minimum Gasteiger partial charge on any atom is -0.456 e. The summed E-state index contributed by atoms with van der Waals surface area (Å²) in [6.07, 6.45) is 0. The number of thiophene rings is 1. The molecule has 0 amide bonds. The van der Waals surface area contributed by atoms with E-state index in [0.717, 1.165) is 39.0 Å². The first-order chi connectivity index (χ1) is 27.3. The molecular formula is C51H31NOS2. The van der Waals surface area contributed by atoms with Crippen LogP contribution in [0.2, 0.25) is 0 Å². The average Bonchev–Trinajstić information content (AvgIpc) is 3.90. The smallest absolute Gasteiger partial charge is 0.135 e. The third-order valence-electron chi connectivity index (χ3n) is 11.5. The van der Waals surface area contributed by atoms with Gasteiger partial charge in [0.2, 0.25) is 0 Å². The van der Waals surface area contributed by atoms with Gasteiger partial charge >= 0.3 is 0 Å². The monoisotopic (exact) mass is 737 g/mol. The standard InChI is InChI=1S/C51H31NOS2/c1-2-13-32(14-3-1)33-15-12-16-34(29-33)52(35-26-28-46-41(30-35)39-19-6-10-23-45(39)53-46)36-25-27-40-48(31-36)55-50-49(40)54-47-24-11-9-22-44(47)51(50)42-20-7-4-17-37(42)38-18-5-8-21-43(38)51/h1-31H. The number of benzene rings is 8. The van der Waals surface area contributed by atoms with Crippen LogP contribution in [0.3, 0.4) is 0 Å². The van der Waals surface area contributed by atoms with Crippen LogP contribution in [0.1, 0.15) is 21.6 Å². The maximum Gasteiger partial charge on any atom is 0.135 e. The van der Waals surface area contributed by atoms with Gasteiger partial charge in [0.1, 0.15) is 11.2 Å². The maximum atomic E-state index is 6.28. The molecule has 2 aliphatic rings. The van der Waals surface area contributed by atoms with Gasteiger partial charge in [-0.2, -0.15) is 0 Å². The van der Waals surface area contributed by atoms with Gasteiger partial charge in [-0.25, -0.2) is 0 Å². The molecule has 2 nitrogen and oxygen atoms in total. The number of fused-ring (bicyclic) bond motifs is 14. The first kappa shape index (κ1) is 31.1. The van der Waals surface area contributed by atoms with Crippen molar-refractivity contribution in [2.24, 2.45) is 0 Å². The Hall–Kier alpha value is -6.33. The van der Waals surface area contributed by atoms with E-state index in [-0.39, 0.29) is 5.41 Å². The summed E-state index contributed by atoms with van der Waals surface area (Å²) in [6, 6.07) is 68.7. The van der Waals surface area contributed by atoms with Crippen molar-refractivity contribution in [3.8, 4) is 22.3 Å². The van der Waals surface area contributed by atoms with E-state index in [1.807, 2.05) is 35.2 Å². The molecule has 10 aromatic rings. The minimum atomic E-state index is -0.384. The van der Waals surface area contributed by atoms with E-state index in [0.29, 0.717) is 0 Å². The molecule has 0 radical (unpaired) electrons. The summed E-state index contributed by atoms with van der Waals surface area (Å²) in [5, 5.41) is 3.54. The topological polar surface area (TPSA) is 16.4 Å². The number of furan rings is 1. The molecule has 258 valence electrons. The summed E-state index contributed by atoms with van der Waals surface area (Å²) in [5.74, 6) is 0. The average molecular weight is 738 g/mol. The van der Waals surface area contributed by atoms with Gasteiger partial charge in [0.15, 0.2) is 0 Å². The van der Waals surface area contributed by atoms with Gasteiger partial charge < -0.3 is 9.32 Å². The van der Waals surface area contributed by atoms with Crippen LogP contribution in [-0.4, -0.2) is 0 Å². The van der Waals surface area contributed by atoms with Gasteiger partial charge in [-0.15, -0.1) is 11.3 Å². The van der Waals surface area contributed by atoms with Crippen LogP contribution < -0.4 is 4.90 Å². The van der Waals surface area contributed by atoms with Crippen LogP contribution in [0.15, 0.2) is 202 Å². The molecule has 55 heavy (non-hydrogen) atoms. The minimum absolute atomic E-state index is 0.384. The number of rotatable bonds is 4. The largest absolute Gasteiger partial charge is 0.456 e. The van der Waals surface area contributed by atoms with E-state index in [4.69, 9.17) is 4.42 Å². The second-order valence-corrected chi connectivity index (χ2v) is 16.5. The molecule has 3 heterocycles. The van der Waals surface area contributed by atoms with Crippen molar-refractivity contribution in [1.82, 2.24) is 0 Å². The maximum absolute atomic E-state index is 6.28. The Bertz CT molecular complexity index is 3110. The van der Waals surface area contributed by atoms with E-state index >= 15 is 0 Å². The van der Waals surface area contributed by atoms with Crippen molar-refractivity contribution < 1.29 is 4.42 Å². The predicted molar refractivity (Wildman–Crippen MR) is 231 cm³/mol. The molecule has 0 saturated heterocycles. The molecule has 2 aromatic heterocycles. The van der Waals surface area contributed by atoms with Crippen LogP contribution >= 0.6 is 23.1 Å². The van der Waals surface area contributed by atoms with E-state index < -0.39 is 0 Å². The van der Waals surface area contributed by atoms with Crippen LogP contribution in [-0.2, 0) is 5.41 Å². The lowest BCUT2D eigenvalue weighted by Crippen LogP contribution is -2.30. The highest BCUT2D eigenvalue weighted by Gasteiger charge is 2.51. The fourth-order valence-corrected chi connectivity index (χ4v) is 12.1. The van der Waals surface area contributed by atoms with Crippen molar-refractivity contribution in [3.05, 3.63) is 210 Å². The molecule has 0 saturated carbocycles. The third kappa shape index (κ3) is 4.44.